The van der Waals surface area contributed by atoms with Crippen LogP contribution in [0.3, 0.4) is 0 Å². The molecule has 1 aliphatic rings. The number of aromatic carboxylic acids is 1. The van der Waals surface area contributed by atoms with Gasteiger partial charge in [-0.3, -0.25) is 9.36 Å². The van der Waals surface area contributed by atoms with Crippen molar-refractivity contribution in [3.8, 4) is 11.3 Å². The van der Waals surface area contributed by atoms with Crippen LogP contribution in [0.5, 0.6) is 0 Å². The maximum Gasteiger partial charge on any atom is 0.338 e. The zero-order valence-electron chi connectivity index (χ0n) is 19.6. The number of methoxy groups -OCH3 is 1. The summed E-state index contributed by atoms with van der Waals surface area (Å²) in [7, 11) is 1.30. The Bertz CT molecular complexity index is 1760. The van der Waals surface area contributed by atoms with E-state index in [9.17, 15) is 19.5 Å². The predicted octanol–water partition coefficient (Wildman–Crippen LogP) is 4.02. The third kappa shape index (κ3) is 4.43. The Balaban J connectivity index is 1.61. The minimum absolute atomic E-state index is 0.0388. The summed E-state index contributed by atoms with van der Waals surface area (Å²) in [5, 5.41) is 9.46. The van der Waals surface area contributed by atoms with Gasteiger partial charge >= 0.3 is 11.9 Å². The van der Waals surface area contributed by atoms with Crippen LogP contribution in [-0.4, -0.2) is 28.7 Å². The van der Waals surface area contributed by atoms with Crippen LogP contribution >= 0.6 is 22.9 Å². The van der Waals surface area contributed by atoms with Gasteiger partial charge < -0.3 is 14.3 Å². The molecule has 2 aromatic carbocycles. The van der Waals surface area contributed by atoms with Gasteiger partial charge in [-0.05, 0) is 42.8 Å². The summed E-state index contributed by atoms with van der Waals surface area (Å²) in [6.07, 6.45) is 1.60. The number of fused-ring (bicyclic) bond motifs is 1. The third-order valence-electron chi connectivity index (χ3n) is 5.92. The number of hydrogen-bond acceptors (Lipinski definition) is 7. The number of hydrogen-bond donors (Lipinski definition) is 1. The highest BCUT2D eigenvalue weighted by molar-refractivity contribution is 7.07. The number of nitrogens with zero attached hydrogens (tertiary/aromatic N) is 2. The van der Waals surface area contributed by atoms with E-state index in [1.165, 1.54) is 35.1 Å². The molecule has 1 atom stereocenters. The molecule has 4 aromatic rings. The van der Waals surface area contributed by atoms with Crippen molar-refractivity contribution in [3.63, 3.8) is 0 Å². The highest BCUT2D eigenvalue weighted by atomic mass is 35.5. The fourth-order valence-corrected chi connectivity index (χ4v) is 5.43. The van der Waals surface area contributed by atoms with Gasteiger partial charge in [-0.1, -0.05) is 53.3 Å². The molecule has 0 saturated carbocycles. The van der Waals surface area contributed by atoms with Gasteiger partial charge in [0, 0.05) is 11.6 Å². The fourth-order valence-electron chi connectivity index (χ4n) is 4.20. The maximum atomic E-state index is 13.6. The average Bonchev–Trinajstić information content (AvgIpc) is 3.48. The van der Waals surface area contributed by atoms with E-state index in [1.807, 2.05) is 30.3 Å². The molecule has 0 radical (unpaired) electrons. The molecule has 0 aliphatic carbocycles. The number of furan rings is 1. The molecule has 0 spiro atoms. The van der Waals surface area contributed by atoms with Crippen molar-refractivity contribution in [2.45, 2.75) is 13.0 Å². The van der Waals surface area contributed by atoms with Gasteiger partial charge in [-0.15, -0.1) is 0 Å². The van der Waals surface area contributed by atoms with Crippen molar-refractivity contribution in [2.24, 2.45) is 4.99 Å². The van der Waals surface area contributed by atoms with Gasteiger partial charge in [0.15, 0.2) is 4.80 Å². The summed E-state index contributed by atoms with van der Waals surface area (Å²) in [6.45, 7) is 1.72. The largest absolute Gasteiger partial charge is 0.478 e. The third-order valence-corrected chi connectivity index (χ3v) is 7.24. The number of ether oxygens (including phenoxy) is 1. The molecule has 0 unspecified atom stereocenters. The topological polar surface area (TPSA) is 111 Å². The monoisotopic (exact) mass is 534 g/mol. The number of thiazole rings is 1. The van der Waals surface area contributed by atoms with Crippen molar-refractivity contribution < 1.29 is 23.8 Å². The van der Waals surface area contributed by atoms with Gasteiger partial charge in [-0.25, -0.2) is 14.6 Å². The quantitative estimate of drug-likeness (QED) is 0.387. The first-order valence-corrected chi connectivity index (χ1v) is 12.3. The van der Waals surface area contributed by atoms with E-state index in [1.54, 1.807) is 31.2 Å². The maximum absolute atomic E-state index is 13.6. The molecular formula is C27H19ClN2O6S. The van der Waals surface area contributed by atoms with Gasteiger partial charge in [0.05, 0.1) is 39.5 Å². The second-order valence-corrected chi connectivity index (χ2v) is 9.60. The summed E-state index contributed by atoms with van der Waals surface area (Å²) in [4.78, 5) is 42.7. The Hall–Kier alpha value is -4.21. The van der Waals surface area contributed by atoms with Gasteiger partial charge in [0.2, 0.25) is 0 Å². The summed E-state index contributed by atoms with van der Waals surface area (Å²) in [6, 6.07) is 16.5. The SMILES string of the molecule is COC(=O)C1=C(C)N=c2s/c(=C\c3ccc(-c4ccc(Cl)c(C(=O)O)c4)o3)c(=O)n2[C@H]1c1ccccc1. The smallest absolute Gasteiger partial charge is 0.338 e. The molecule has 0 saturated heterocycles. The molecule has 1 aliphatic heterocycles. The first kappa shape index (κ1) is 24.5. The van der Waals surface area contributed by atoms with Crippen molar-refractivity contribution in [2.75, 3.05) is 7.11 Å². The number of benzene rings is 2. The molecule has 1 N–H and O–H groups in total. The Morgan fingerprint density at radius 2 is 1.92 bits per heavy atom. The Kier molecular flexibility index (Phi) is 6.41. The van der Waals surface area contributed by atoms with E-state index in [0.717, 1.165) is 5.56 Å². The van der Waals surface area contributed by atoms with Crippen LogP contribution in [0.4, 0.5) is 0 Å². The Morgan fingerprint density at radius 3 is 2.62 bits per heavy atom. The molecule has 37 heavy (non-hydrogen) atoms. The number of rotatable bonds is 5. The van der Waals surface area contributed by atoms with E-state index < -0.39 is 18.0 Å². The number of allylic oxidation sites excluding steroid dienone is 1. The predicted molar refractivity (Wildman–Crippen MR) is 138 cm³/mol. The zero-order valence-corrected chi connectivity index (χ0v) is 21.2. The van der Waals surface area contributed by atoms with E-state index in [4.69, 9.17) is 20.8 Å². The number of carbonyl (C=O) groups excluding carboxylic acids is 1. The first-order chi connectivity index (χ1) is 17.8. The fraction of sp³-hybridized carbons (Fsp3) is 0.111. The minimum Gasteiger partial charge on any atom is -0.478 e. The van der Waals surface area contributed by atoms with Crippen LogP contribution < -0.4 is 14.9 Å². The van der Waals surface area contributed by atoms with Crippen molar-refractivity contribution in [3.05, 3.63) is 114 Å². The molecule has 10 heteroatoms. The molecule has 0 fully saturated rings. The lowest BCUT2D eigenvalue weighted by atomic mass is 9.96. The van der Waals surface area contributed by atoms with Crippen LogP contribution in [0.2, 0.25) is 5.02 Å². The summed E-state index contributed by atoms with van der Waals surface area (Å²) in [5.41, 5.74) is 1.69. The number of carboxylic acid groups (broad SMARTS) is 1. The molecule has 186 valence electrons. The second kappa shape index (κ2) is 9.68. The van der Waals surface area contributed by atoms with Gasteiger partial charge in [-0.2, -0.15) is 0 Å². The van der Waals surface area contributed by atoms with E-state index in [0.29, 0.717) is 37.7 Å². The van der Waals surface area contributed by atoms with E-state index >= 15 is 0 Å². The molecule has 0 amide bonds. The van der Waals surface area contributed by atoms with E-state index in [2.05, 4.69) is 4.99 Å². The van der Waals surface area contributed by atoms with Crippen LogP contribution in [0, 0.1) is 0 Å². The number of esters is 1. The number of halogens is 1. The highest BCUT2D eigenvalue weighted by Crippen LogP contribution is 2.30. The summed E-state index contributed by atoms with van der Waals surface area (Å²) >= 11 is 7.15. The minimum atomic E-state index is -1.14. The highest BCUT2D eigenvalue weighted by Gasteiger charge is 2.32. The number of aromatic nitrogens is 1. The summed E-state index contributed by atoms with van der Waals surface area (Å²) in [5.74, 6) is -0.880. The van der Waals surface area contributed by atoms with Crippen molar-refractivity contribution >= 4 is 41.0 Å². The van der Waals surface area contributed by atoms with Gasteiger partial charge in [0.1, 0.15) is 11.5 Å². The molecule has 2 aromatic heterocycles. The Labute approximate surface area is 219 Å². The number of carbonyl (C=O) groups is 2. The van der Waals surface area contributed by atoms with Crippen molar-refractivity contribution in [1.82, 2.24) is 4.57 Å². The normalized spacial score (nSPS) is 15.3. The lowest BCUT2D eigenvalue weighted by molar-refractivity contribution is -0.136. The van der Waals surface area contributed by atoms with Crippen LogP contribution in [0.15, 0.2) is 86.1 Å². The lowest BCUT2D eigenvalue weighted by Crippen LogP contribution is -2.39. The van der Waals surface area contributed by atoms with Crippen LogP contribution in [0.1, 0.15) is 34.6 Å². The summed E-state index contributed by atoms with van der Waals surface area (Å²) < 4.78 is 12.8. The van der Waals surface area contributed by atoms with Crippen LogP contribution in [-0.2, 0) is 9.53 Å². The molecule has 8 nitrogen and oxygen atoms in total. The molecule has 3 heterocycles. The number of carboxylic acids is 1. The molecule has 0 bridgehead atoms. The Morgan fingerprint density at radius 1 is 1.16 bits per heavy atom. The standard InChI is InChI=1S/C27H19ClN2O6S/c1-14-22(26(34)35-2)23(15-6-4-3-5-7-15)30-24(31)21(37-27(30)29-14)13-17-9-11-20(36-17)16-8-10-19(28)18(12-16)25(32)33/h3-13,23H,1-2H3,(H,32,33)/b21-13-/t23-/m0/s1. The first-order valence-electron chi connectivity index (χ1n) is 11.1. The molecular weight excluding hydrogens is 516 g/mol. The molecule has 5 rings (SSSR count). The van der Waals surface area contributed by atoms with E-state index in [-0.39, 0.29) is 16.1 Å². The average molecular weight is 535 g/mol. The van der Waals surface area contributed by atoms with Gasteiger partial charge in [0.25, 0.3) is 5.56 Å². The zero-order chi connectivity index (χ0) is 26.3. The lowest BCUT2D eigenvalue weighted by Gasteiger charge is -2.24. The second-order valence-electron chi connectivity index (χ2n) is 8.19. The van der Waals surface area contributed by atoms with Crippen LogP contribution in [0.25, 0.3) is 17.4 Å². The van der Waals surface area contributed by atoms with Crippen molar-refractivity contribution in [1.29, 1.82) is 0 Å².